The van der Waals surface area contributed by atoms with Gasteiger partial charge in [-0.1, -0.05) is 13.8 Å². The van der Waals surface area contributed by atoms with Gasteiger partial charge in [0.15, 0.2) is 4.34 Å². The summed E-state index contributed by atoms with van der Waals surface area (Å²) in [4.78, 5) is 4.15. The van der Waals surface area contributed by atoms with E-state index < -0.39 is 0 Å². The number of hydrogen-bond donors (Lipinski definition) is 1. The molecule has 0 saturated carbocycles. The van der Waals surface area contributed by atoms with Gasteiger partial charge in [0.1, 0.15) is 11.4 Å². The summed E-state index contributed by atoms with van der Waals surface area (Å²) < 4.78 is 4.85. The molecular formula is C11H15N5S2. The third-order valence-corrected chi connectivity index (χ3v) is 4.39. The van der Waals surface area contributed by atoms with Crippen molar-refractivity contribution < 1.29 is 0 Å². The summed E-state index contributed by atoms with van der Waals surface area (Å²) in [6.45, 7) is 4.68. The van der Waals surface area contributed by atoms with Crippen molar-refractivity contribution in [1.82, 2.24) is 19.6 Å². The zero-order valence-corrected chi connectivity index (χ0v) is 12.0. The fraction of sp³-hybridized carbons (Fsp3) is 0.455. The first-order chi connectivity index (χ1) is 8.80. The first-order valence-corrected chi connectivity index (χ1v) is 7.41. The highest BCUT2D eigenvalue weighted by Gasteiger charge is 2.15. The van der Waals surface area contributed by atoms with Gasteiger partial charge in [-0.2, -0.15) is 9.47 Å². The molecule has 96 valence electrons. The molecular weight excluding hydrogens is 266 g/mol. The molecule has 2 aromatic heterocycles. The first-order valence-electron chi connectivity index (χ1n) is 5.82. The maximum absolute atomic E-state index is 5.87. The van der Waals surface area contributed by atoms with Crippen molar-refractivity contribution in [3.05, 3.63) is 23.1 Å². The molecule has 5 nitrogen and oxygen atoms in total. The summed E-state index contributed by atoms with van der Waals surface area (Å²) in [5.74, 6) is 0. The van der Waals surface area contributed by atoms with E-state index in [0.29, 0.717) is 6.54 Å². The minimum Gasteiger partial charge on any atom is -0.326 e. The van der Waals surface area contributed by atoms with Crippen LogP contribution in [-0.4, -0.2) is 19.6 Å². The van der Waals surface area contributed by atoms with Crippen molar-refractivity contribution in [2.24, 2.45) is 5.73 Å². The molecule has 0 unspecified atom stereocenters. The SMILES string of the molecule is CCc1nnc(Sc2ncns2)c(CN)c1CC. The van der Waals surface area contributed by atoms with Gasteiger partial charge in [0.2, 0.25) is 0 Å². The van der Waals surface area contributed by atoms with Crippen LogP contribution >= 0.6 is 23.3 Å². The zero-order chi connectivity index (χ0) is 13.0. The second-order valence-electron chi connectivity index (χ2n) is 3.63. The van der Waals surface area contributed by atoms with Crippen molar-refractivity contribution in [2.45, 2.75) is 42.6 Å². The van der Waals surface area contributed by atoms with E-state index in [4.69, 9.17) is 5.73 Å². The molecule has 2 heterocycles. The highest BCUT2D eigenvalue weighted by atomic mass is 32.2. The van der Waals surface area contributed by atoms with Crippen molar-refractivity contribution in [3.63, 3.8) is 0 Å². The number of rotatable bonds is 5. The third-order valence-electron chi connectivity index (χ3n) is 2.65. The molecule has 0 aromatic carbocycles. The van der Waals surface area contributed by atoms with Crippen LogP contribution in [-0.2, 0) is 19.4 Å². The Labute approximate surface area is 114 Å². The van der Waals surface area contributed by atoms with Crippen LogP contribution in [0, 0.1) is 0 Å². The highest BCUT2D eigenvalue weighted by Crippen LogP contribution is 2.31. The lowest BCUT2D eigenvalue weighted by Crippen LogP contribution is -2.10. The summed E-state index contributed by atoms with van der Waals surface area (Å²) in [5.41, 5.74) is 9.22. The van der Waals surface area contributed by atoms with Crippen LogP contribution in [0.2, 0.25) is 0 Å². The van der Waals surface area contributed by atoms with Gasteiger partial charge in [-0.3, -0.25) is 0 Å². The number of nitrogens with two attached hydrogens (primary N) is 1. The van der Waals surface area contributed by atoms with Crippen LogP contribution in [0.25, 0.3) is 0 Å². The van der Waals surface area contributed by atoms with Crippen molar-refractivity contribution in [3.8, 4) is 0 Å². The van der Waals surface area contributed by atoms with Crippen LogP contribution in [0.5, 0.6) is 0 Å². The smallest absolute Gasteiger partial charge is 0.176 e. The fourth-order valence-electron chi connectivity index (χ4n) is 1.81. The van der Waals surface area contributed by atoms with Crippen LogP contribution in [0.15, 0.2) is 15.7 Å². The minimum absolute atomic E-state index is 0.479. The second kappa shape index (κ2) is 6.21. The Hall–Kier alpha value is -1.05. The molecule has 2 N–H and O–H groups in total. The van der Waals surface area contributed by atoms with Crippen molar-refractivity contribution in [2.75, 3.05) is 0 Å². The Morgan fingerprint density at radius 1 is 1.22 bits per heavy atom. The minimum atomic E-state index is 0.479. The topological polar surface area (TPSA) is 77.6 Å². The third kappa shape index (κ3) is 2.68. The molecule has 0 amide bonds. The molecule has 0 aliphatic carbocycles. The number of nitrogens with zero attached hydrogens (tertiary/aromatic N) is 4. The van der Waals surface area contributed by atoms with Gasteiger partial charge in [0.25, 0.3) is 0 Å². The fourth-order valence-corrected chi connectivity index (χ4v) is 3.28. The molecule has 0 aliphatic heterocycles. The lowest BCUT2D eigenvalue weighted by molar-refractivity contribution is 0.782. The van der Waals surface area contributed by atoms with Gasteiger partial charge in [-0.05, 0) is 41.7 Å². The zero-order valence-electron chi connectivity index (χ0n) is 10.4. The van der Waals surface area contributed by atoms with E-state index in [1.165, 1.54) is 28.9 Å². The van der Waals surface area contributed by atoms with Crippen LogP contribution in [0.4, 0.5) is 0 Å². The molecule has 0 saturated heterocycles. The van der Waals surface area contributed by atoms with Gasteiger partial charge in [-0.15, -0.1) is 5.10 Å². The summed E-state index contributed by atoms with van der Waals surface area (Å²) >= 11 is 2.84. The van der Waals surface area contributed by atoms with Gasteiger partial charge in [-0.25, -0.2) is 4.98 Å². The van der Waals surface area contributed by atoms with E-state index in [1.54, 1.807) is 6.33 Å². The first kappa shape index (κ1) is 13.4. The average molecular weight is 281 g/mol. The Kier molecular flexibility index (Phi) is 4.62. The molecule has 18 heavy (non-hydrogen) atoms. The van der Waals surface area contributed by atoms with Gasteiger partial charge in [0.05, 0.1) is 5.69 Å². The maximum atomic E-state index is 5.87. The lowest BCUT2D eigenvalue weighted by Gasteiger charge is -2.12. The van der Waals surface area contributed by atoms with E-state index in [9.17, 15) is 0 Å². The highest BCUT2D eigenvalue weighted by molar-refractivity contribution is 8.00. The molecule has 0 radical (unpaired) electrons. The molecule has 0 spiro atoms. The molecule has 2 aromatic rings. The van der Waals surface area contributed by atoms with E-state index >= 15 is 0 Å². The van der Waals surface area contributed by atoms with Crippen LogP contribution < -0.4 is 5.73 Å². The lowest BCUT2D eigenvalue weighted by atomic mass is 10.0. The number of hydrogen-bond acceptors (Lipinski definition) is 7. The van der Waals surface area contributed by atoms with E-state index in [-0.39, 0.29) is 0 Å². The molecule has 0 aliphatic rings. The molecule has 0 atom stereocenters. The van der Waals surface area contributed by atoms with Gasteiger partial charge < -0.3 is 5.73 Å². The number of aryl methyl sites for hydroxylation is 1. The van der Waals surface area contributed by atoms with Crippen LogP contribution in [0.3, 0.4) is 0 Å². The molecule has 0 bridgehead atoms. The van der Waals surface area contributed by atoms with E-state index in [1.807, 2.05) is 0 Å². The number of aromatic nitrogens is 4. The predicted octanol–water partition coefficient (Wildman–Crippen LogP) is 2.06. The summed E-state index contributed by atoms with van der Waals surface area (Å²) in [6.07, 6.45) is 3.35. The normalized spacial score (nSPS) is 10.8. The summed E-state index contributed by atoms with van der Waals surface area (Å²) in [7, 11) is 0. The Balaban J connectivity index is 2.41. The monoisotopic (exact) mass is 281 g/mol. The summed E-state index contributed by atoms with van der Waals surface area (Å²) in [6, 6.07) is 0. The Morgan fingerprint density at radius 2 is 2.06 bits per heavy atom. The second-order valence-corrected chi connectivity index (χ2v) is 5.65. The van der Waals surface area contributed by atoms with Gasteiger partial charge in [0, 0.05) is 12.1 Å². The van der Waals surface area contributed by atoms with Crippen molar-refractivity contribution in [1.29, 1.82) is 0 Å². The van der Waals surface area contributed by atoms with E-state index in [0.717, 1.165) is 33.5 Å². The quantitative estimate of drug-likeness (QED) is 0.904. The Bertz CT molecular complexity index is 512. The largest absolute Gasteiger partial charge is 0.326 e. The predicted molar refractivity (Wildman–Crippen MR) is 72.7 cm³/mol. The van der Waals surface area contributed by atoms with E-state index in [2.05, 4.69) is 33.4 Å². The maximum Gasteiger partial charge on any atom is 0.176 e. The van der Waals surface area contributed by atoms with Crippen LogP contribution in [0.1, 0.15) is 30.7 Å². The standard InChI is InChI=1S/C11H15N5S2/c1-3-7-8(5-12)10(16-15-9(7)4-2)17-11-13-6-14-18-11/h6H,3-5,12H2,1-2H3. The van der Waals surface area contributed by atoms with Gasteiger partial charge >= 0.3 is 0 Å². The molecule has 2 rings (SSSR count). The summed E-state index contributed by atoms with van der Waals surface area (Å²) in [5, 5.41) is 9.41. The van der Waals surface area contributed by atoms with Crippen molar-refractivity contribution >= 4 is 23.3 Å². The average Bonchev–Trinajstić information content (AvgIpc) is 2.90. The molecule has 7 heteroatoms. The molecule has 0 fully saturated rings. The Morgan fingerprint density at radius 3 is 2.61 bits per heavy atom.